The number of carbonyl (C=O) groups is 2. The van der Waals surface area contributed by atoms with Gasteiger partial charge in [0.25, 0.3) is 0 Å². The lowest BCUT2D eigenvalue weighted by molar-refractivity contribution is -0.143. The van der Waals surface area contributed by atoms with Crippen LogP contribution in [-0.4, -0.2) is 18.7 Å². The Labute approximate surface area is 79.9 Å². The van der Waals surface area contributed by atoms with Gasteiger partial charge in [-0.05, 0) is 13.3 Å². The molecule has 0 bridgehead atoms. The molecule has 0 fully saturated rings. The second-order valence-electron chi connectivity index (χ2n) is 3.78. The first-order valence-corrected chi connectivity index (χ1v) is 4.66. The second kappa shape index (κ2) is 4.40. The van der Waals surface area contributed by atoms with Crippen molar-refractivity contribution >= 4 is 11.7 Å². The highest BCUT2D eigenvalue weighted by atomic mass is 16.2. The predicted octanol–water partition coefficient (Wildman–Crippen LogP) is 1.37. The van der Waals surface area contributed by atoms with E-state index in [1.165, 1.54) is 0 Å². The van der Waals surface area contributed by atoms with Gasteiger partial charge in [0.15, 0.2) is 5.78 Å². The second-order valence-corrected chi connectivity index (χ2v) is 3.78. The van der Waals surface area contributed by atoms with Crippen LogP contribution in [0.5, 0.6) is 0 Å². The lowest BCUT2D eigenvalue weighted by Gasteiger charge is -2.26. The van der Waals surface area contributed by atoms with Crippen LogP contribution in [0.4, 0.5) is 0 Å². The van der Waals surface area contributed by atoms with Crippen LogP contribution in [0.15, 0.2) is 0 Å². The third-order valence-corrected chi connectivity index (χ3v) is 2.50. The van der Waals surface area contributed by atoms with E-state index in [2.05, 4.69) is 5.32 Å². The minimum absolute atomic E-state index is 0.00866. The van der Waals surface area contributed by atoms with Crippen LogP contribution >= 0.6 is 0 Å². The quantitative estimate of drug-likeness (QED) is 0.672. The van der Waals surface area contributed by atoms with Crippen LogP contribution in [-0.2, 0) is 9.59 Å². The largest absolute Gasteiger partial charge is 0.358 e. The fourth-order valence-electron chi connectivity index (χ4n) is 1.36. The van der Waals surface area contributed by atoms with E-state index in [4.69, 9.17) is 0 Å². The molecule has 0 saturated carbocycles. The molecule has 1 amide bonds. The Morgan fingerprint density at radius 2 is 1.85 bits per heavy atom. The van der Waals surface area contributed by atoms with Crippen molar-refractivity contribution in [2.24, 2.45) is 11.3 Å². The average Bonchev–Trinajstić information content (AvgIpc) is 2.13. The number of hydrogen-bond donors (Lipinski definition) is 1. The monoisotopic (exact) mass is 185 g/mol. The molecule has 13 heavy (non-hydrogen) atoms. The van der Waals surface area contributed by atoms with E-state index in [1.807, 2.05) is 20.8 Å². The van der Waals surface area contributed by atoms with Crippen molar-refractivity contribution in [2.75, 3.05) is 7.05 Å². The Hall–Kier alpha value is -0.860. The first kappa shape index (κ1) is 12.1. The van der Waals surface area contributed by atoms with Crippen molar-refractivity contribution in [3.8, 4) is 0 Å². The molecule has 0 aromatic heterocycles. The molecule has 3 nitrogen and oxygen atoms in total. The van der Waals surface area contributed by atoms with Crippen molar-refractivity contribution in [3.05, 3.63) is 0 Å². The number of ketones is 1. The summed E-state index contributed by atoms with van der Waals surface area (Å²) in [5, 5.41) is 2.53. The van der Waals surface area contributed by atoms with Crippen LogP contribution in [0.1, 0.15) is 34.1 Å². The van der Waals surface area contributed by atoms with E-state index in [0.717, 1.165) is 0 Å². The van der Waals surface area contributed by atoms with Crippen LogP contribution in [0.3, 0.4) is 0 Å². The normalized spacial score (nSPS) is 15.2. The van der Waals surface area contributed by atoms with E-state index in [0.29, 0.717) is 6.42 Å². The molecule has 1 atom stereocenters. The van der Waals surface area contributed by atoms with Gasteiger partial charge >= 0.3 is 0 Å². The van der Waals surface area contributed by atoms with Gasteiger partial charge in [0.1, 0.15) is 5.41 Å². The first-order chi connectivity index (χ1) is 5.90. The fraction of sp³-hybridized carbons (Fsp3) is 0.800. The smallest absolute Gasteiger partial charge is 0.233 e. The third-order valence-electron chi connectivity index (χ3n) is 2.50. The molecule has 0 aromatic rings. The van der Waals surface area contributed by atoms with Gasteiger partial charge in [0.2, 0.25) is 5.91 Å². The molecule has 3 heteroatoms. The summed E-state index contributed by atoms with van der Waals surface area (Å²) >= 11 is 0. The molecule has 0 aliphatic heterocycles. The zero-order chi connectivity index (χ0) is 10.6. The maximum atomic E-state index is 11.7. The average molecular weight is 185 g/mol. The summed E-state index contributed by atoms with van der Waals surface area (Å²) in [5.41, 5.74) is -0.858. The summed E-state index contributed by atoms with van der Waals surface area (Å²) in [6.45, 7) is 7.20. The molecule has 0 aliphatic rings. The van der Waals surface area contributed by atoms with E-state index >= 15 is 0 Å². The van der Waals surface area contributed by atoms with Crippen LogP contribution < -0.4 is 5.32 Å². The van der Waals surface area contributed by atoms with E-state index in [1.54, 1.807) is 14.0 Å². The zero-order valence-electron chi connectivity index (χ0n) is 9.10. The Kier molecular flexibility index (Phi) is 4.11. The highest BCUT2D eigenvalue weighted by Crippen LogP contribution is 2.26. The molecular formula is C10H19NO2. The van der Waals surface area contributed by atoms with Crippen molar-refractivity contribution in [1.29, 1.82) is 0 Å². The van der Waals surface area contributed by atoms with Gasteiger partial charge in [-0.1, -0.05) is 20.8 Å². The molecule has 0 rings (SSSR count). The highest BCUT2D eigenvalue weighted by Gasteiger charge is 2.39. The van der Waals surface area contributed by atoms with Crippen LogP contribution in [0, 0.1) is 11.3 Å². The predicted molar refractivity (Wildman–Crippen MR) is 52.3 cm³/mol. The van der Waals surface area contributed by atoms with Crippen molar-refractivity contribution < 1.29 is 9.59 Å². The Morgan fingerprint density at radius 1 is 1.38 bits per heavy atom. The molecule has 0 radical (unpaired) electrons. The van der Waals surface area contributed by atoms with Crippen molar-refractivity contribution in [1.82, 2.24) is 5.32 Å². The molecular weight excluding hydrogens is 166 g/mol. The third kappa shape index (κ3) is 2.29. The van der Waals surface area contributed by atoms with Crippen molar-refractivity contribution in [2.45, 2.75) is 34.1 Å². The van der Waals surface area contributed by atoms with Crippen LogP contribution in [0.2, 0.25) is 0 Å². The molecule has 0 spiro atoms. The summed E-state index contributed by atoms with van der Waals surface area (Å²) in [5.74, 6) is -0.273. The molecule has 1 unspecified atom stereocenters. The Balaban J connectivity index is 4.83. The highest BCUT2D eigenvalue weighted by molar-refractivity contribution is 6.06. The summed E-state index contributed by atoms with van der Waals surface area (Å²) in [7, 11) is 1.56. The minimum Gasteiger partial charge on any atom is -0.358 e. The lowest BCUT2D eigenvalue weighted by Crippen LogP contribution is -2.44. The summed E-state index contributed by atoms with van der Waals surface area (Å²) in [6, 6.07) is 0. The molecule has 0 aromatic carbocycles. The lowest BCUT2D eigenvalue weighted by atomic mass is 9.77. The molecule has 0 aliphatic carbocycles. The number of hydrogen-bond acceptors (Lipinski definition) is 2. The van der Waals surface area contributed by atoms with Gasteiger partial charge in [0, 0.05) is 13.0 Å². The SMILES string of the molecule is CCC(C)(C(=O)NC)C(=O)C(C)C. The zero-order valence-corrected chi connectivity index (χ0v) is 9.10. The summed E-state index contributed by atoms with van der Waals surface area (Å²) in [6.07, 6.45) is 0.545. The van der Waals surface area contributed by atoms with E-state index in [9.17, 15) is 9.59 Å². The number of nitrogens with one attached hydrogen (secondary N) is 1. The van der Waals surface area contributed by atoms with Crippen molar-refractivity contribution in [3.63, 3.8) is 0 Å². The van der Waals surface area contributed by atoms with Crippen LogP contribution in [0.25, 0.3) is 0 Å². The van der Waals surface area contributed by atoms with Gasteiger partial charge in [-0.15, -0.1) is 0 Å². The Bertz CT molecular complexity index is 211. The van der Waals surface area contributed by atoms with Gasteiger partial charge < -0.3 is 5.32 Å². The number of carbonyl (C=O) groups excluding carboxylic acids is 2. The molecule has 0 heterocycles. The number of Topliss-reactive ketones (excluding diaryl/α,β-unsaturated/α-hetero) is 1. The molecule has 1 N–H and O–H groups in total. The minimum atomic E-state index is -0.858. The summed E-state index contributed by atoms with van der Waals surface area (Å²) < 4.78 is 0. The number of rotatable bonds is 4. The first-order valence-electron chi connectivity index (χ1n) is 4.66. The van der Waals surface area contributed by atoms with Gasteiger partial charge in [-0.25, -0.2) is 0 Å². The van der Waals surface area contributed by atoms with Gasteiger partial charge in [0.05, 0.1) is 0 Å². The van der Waals surface area contributed by atoms with E-state index < -0.39 is 5.41 Å². The maximum Gasteiger partial charge on any atom is 0.233 e. The Morgan fingerprint density at radius 3 is 2.08 bits per heavy atom. The standard InChI is InChI=1S/C10H19NO2/c1-6-10(4,9(13)11-5)8(12)7(2)3/h7H,6H2,1-5H3,(H,11,13). The van der Waals surface area contributed by atoms with Gasteiger partial charge in [-0.3, -0.25) is 9.59 Å². The molecule has 0 saturated heterocycles. The maximum absolute atomic E-state index is 11.7. The summed E-state index contributed by atoms with van der Waals surface area (Å²) in [4.78, 5) is 23.2. The number of amides is 1. The van der Waals surface area contributed by atoms with Gasteiger partial charge in [-0.2, -0.15) is 0 Å². The topological polar surface area (TPSA) is 46.2 Å². The molecule has 76 valence electrons. The fourth-order valence-corrected chi connectivity index (χ4v) is 1.36. The van der Waals surface area contributed by atoms with E-state index in [-0.39, 0.29) is 17.6 Å².